The molecule has 0 bridgehead atoms. The summed E-state index contributed by atoms with van der Waals surface area (Å²) in [5.41, 5.74) is 0. The van der Waals surface area contributed by atoms with Crippen molar-refractivity contribution in [2.45, 2.75) is 23.8 Å². The van der Waals surface area contributed by atoms with E-state index in [1.807, 2.05) is 0 Å². The first-order valence-electron chi connectivity index (χ1n) is 7.62. The Labute approximate surface area is 148 Å². The molecule has 1 N–H and O–H groups in total. The van der Waals surface area contributed by atoms with E-state index < -0.39 is 22.0 Å². The van der Waals surface area contributed by atoms with Gasteiger partial charge < -0.3 is 10.1 Å². The van der Waals surface area contributed by atoms with Crippen LogP contribution in [0.5, 0.6) is 0 Å². The number of nitrogens with one attached hydrogen (secondary N) is 1. The van der Waals surface area contributed by atoms with Crippen molar-refractivity contribution in [2.75, 3.05) is 26.7 Å². The van der Waals surface area contributed by atoms with Crippen LogP contribution < -0.4 is 5.32 Å². The number of nitrogens with zero attached hydrogens (tertiary/aromatic N) is 2. The summed E-state index contributed by atoms with van der Waals surface area (Å²) in [5, 5.41) is 3.99. The van der Waals surface area contributed by atoms with E-state index in [4.69, 9.17) is 0 Å². The first-order chi connectivity index (χ1) is 11.9. The number of thiophene rings is 1. The molecule has 2 fully saturated rings. The molecular formula is C14H17N3O6S2. The Balaban J connectivity index is 1.74. The van der Waals surface area contributed by atoms with Crippen LogP contribution in [0, 0.1) is 0 Å². The molecule has 3 rings (SSSR count). The van der Waals surface area contributed by atoms with Crippen molar-refractivity contribution in [1.29, 1.82) is 0 Å². The van der Waals surface area contributed by atoms with E-state index in [0.717, 1.165) is 11.3 Å². The predicted octanol–water partition coefficient (Wildman–Crippen LogP) is 0.240. The van der Waals surface area contributed by atoms with Crippen molar-refractivity contribution in [3.05, 3.63) is 16.3 Å². The molecule has 0 spiro atoms. The number of carbonyl (C=O) groups excluding carboxylic acids is 3. The van der Waals surface area contributed by atoms with Gasteiger partial charge in [0.1, 0.15) is 9.77 Å². The van der Waals surface area contributed by atoms with Crippen molar-refractivity contribution in [3.63, 3.8) is 0 Å². The third-order valence-corrected chi connectivity index (χ3v) is 7.25. The summed E-state index contributed by atoms with van der Waals surface area (Å²) in [5.74, 6) is -0.986. The van der Waals surface area contributed by atoms with Gasteiger partial charge in [0.25, 0.3) is 0 Å². The maximum Gasteiger partial charge on any atom is 0.349 e. The molecule has 1 aromatic heterocycles. The van der Waals surface area contributed by atoms with E-state index in [1.54, 1.807) is 0 Å². The fourth-order valence-electron chi connectivity index (χ4n) is 3.03. The standard InChI is InChI=1S/C14H17N3O6S2/c1-23-13(19)12-10(4-7-24-12)25(21,22)16-5-2-9(3-6-16)17-11(18)8-15-14(17)20/h4,7,9H,2-3,5-6,8H2,1H3,(H,15,20). The maximum absolute atomic E-state index is 12.8. The highest BCUT2D eigenvalue weighted by Crippen LogP contribution is 2.29. The number of hydrogen-bond acceptors (Lipinski definition) is 7. The number of urea groups is 1. The number of hydrogen-bond donors (Lipinski definition) is 1. The van der Waals surface area contributed by atoms with E-state index in [1.165, 1.54) is 27.8 Å². The summed E-state index contributed by atoms with van der Waals surface area (Å²) >= 11 is 1.01. The minimum Gasteiger partial charge on any atom is -0.465 e. The molecular weight excluding hydrogens is 370 g/mol. The molecule has 3 amide bonds. The lowest BCUT2D eigenvalue weighted by atomic mass is 10.1. The monoisotopic (exact) mass is 387 g/mol. The summed E-state index contributed by atoms with van der Waals surface area (Å²) in [6.45, 7) is 0.315. The highest BCUT2D eigenvalue weighted by Gasteiger charge is 2.39. The van der Waals surface area contributed by atoms with Crippen molar-refractivity contribution >= 4 is 39.3 Å². The number of piperidine rings is 1. The van der Waals surface area contributed by atoms with E-state index >= 15 is 0 Å². The molecule has 3 heterocycles. The van der Waals surface area contributed by atoms with Gasteiger partial charge in [0.05, 0.1) is 13.7 Å². The van der Waals surface area contributed by atoms with Gasteiger partial charge in [-0.3, -0.25) is 9.69 Å². The van der Waals surface area contributed by atoms with Crippen molar-refractivity contribution in [1.82, 2.24) is 14.5 Å². The zero-order chi connectivity index (χ0) is 18.2. The van der Waals surface area contributed by atoms with Gasteiger partial charge in [-0.1, -0.05) is 0 Å². The Morgan fingerprint density at radius 1 is 1.32 bits per heavy atom. The molecule has 11 heteroatoms. The Hall–Kier alpha value is -1.98. The highest BCUT2D eigenvalue weighted by molar-refractivity contribution is 7.89. The zero-order valence-electron chi connectivity index (χ0n) is 13.4. The normalized spacial score (nSPS) is 20.0. The second-order valence-electron chi connectivity index (χ2n) is 5.66. The highest BCUT2D eigenvalue weighted by atomic mass is 32.2. The van der Waals surface area contributed by atoms with E-state index in [-0.39, 0.29) is 41.4 Å². The van der Waals surface area contributed by atoms with Crippen LogP contribution >= 0.6 is 11.3 Å². The summed E-state index contributed by atoms with van der Waals surface area (Å²) in [6.07, 6.45) is 0.714. The van der Waals surface area contributed by atoms with Gasteiger partial charge in [-0.2, -0.15) is 4.31 Å². The number of rotatable bonds is 4. The molecule has 0 unspecified atom stereocenters. The fourth-order valence-corrected chi connectivity index (χ4v) is 5.80. The molecule has 1 aromatic rings. The molecule has 2 saturated heterocycles. The smallest absolute Gasteiger partial charge is 0.349 e. The molecule has 136 valence electrons. The second kappa shape index (κ2) is 6.73. The van der Waals surface area contributed by atoms with Gasteiger partial charge in [0.2, 0.25) is 15.9 Å². The summed E-state index contributed by atoms with van der Waals surface area (Å²) in [4.78, 5) is 36.4. The summed E-state index contributed by atoms with van der Waals surface area (Å²) < 4.78 is 31.5. The topological polar surface area (TPSA) is 113 Å². The van der Waals surface area contributed by atoms with Crippen molar-refractivity contribution < 1.29 is 27.5 Å². The Kier molecular flexibility index (Phi) is 4.80. The lowest BCUT2D eigenvalue weighted by Gasteiger charge is -2.34. The van der Waals surface area contributed by atoms with Crippen LogP contribution in [0.15, 0.2) is 16.3 Å². The van der Waals surface area contributed by atoms with Crippen LogP contribution in [0.4, 0.5) is 4.79 Å². The average Bonchev–Trinajstić information content (AvgIpc) is 3.22. The van der Waals surface area contributed by atoms with Crippen LogP contribution in [-0.2, 0) is 19.6 Å². The largest absolute Gasteiger partial charge is 0.465 e. The zero-order valence-corrected chi connectivity index (χ0v) is 15.1. The van der Waals surface area contributed by atoms with Crippen LogP contribution in [-0.4, -0.2) is 68.3 Å². The third-order valence-electron chi connectivity index (χ3n) is 4.28. The van der Waals surface area contributed by atoms with Crippen molar-refractivity contribution in [3.8, 4) is 0 Å². The molecule has 0 aromatic carbocycles. The third kappa shape index (κ3) is 3.14. The number of amides is 3. The molecule has 25 heavy (non-hydrogen) atoms. The first kappa shape index (κ1) is 17.8. The van der Waals surface area contributed by atoms with Gasteiger partial charge in [0, 0.05) is 19.1 Å². The molecule has 0 radical (unpaired) electrons. The van der Waals surface area contributed by atoms with E-state index in [2.05, 4.69) is 10.1 Å². The summed E-state index contributed by atoms with van der Waals surface area (Å²) in [7, 11) is -2.64. The van der Waals surface area contributed by atoms with Gasteiger partial charge in [-0.25, -0.2) is 18.0 Å². The average molecular weight is 387 g/mol. The van der Waals surface area contributed by atoms with Gasteiger partial charge in [0.15, 0.2) is 0 Å². The fraction of sp³-hybridized carbons (Fsp3) is 0.500. The van der Waals surface area contributed by atoms with E-state index in [9.17, 15) is 22.8 Å². The van der Waals surface area contributed by atoms with Crippen molar-refractivity contribution in [2.24, 2.45) is 0 Å². The number of esters is 1. The minimum absolute atomic E-state index is 0.0191. The van der Waals surface area contributed by atoms with Gasteiger partial charge >= 0.3 is 12.0 Å². The Bertz CT molecular complexity index is 794. The van der Waals surface area contributed by atoms with Crippen LogP contribution in [0.25, 0.3) is 0 Å². The number of imide groups is 1. The SMILES string of the molecule is COC(=O)c1sccc1S(=O)(=O)N1CCC(N2C(=O)CNC2=O)CC1. The van der Waals surface area contributed by atoms with Crippen LogP contribution in [0.3, 0.4) is 0 Å². The van der Waals surface area contributed by atoms with E-state index in [0.29, 0.717) is 12.8 Å². The quantitative estimate of drug-likeness (QED) is 0.585. The number of carbonyl (C=O) groups is 3. The Morgan fingerprint density at radius 3 is 2.56 bits per heavy atom. The minimum atomic E-state index is -3.84. The van der Waals surface area contributed by atoms with Gasteiger partial charge in [-0.15, -0.1) is 11.3 Å². The number of ether oxygens (including phenoxy) is 1. The molecule has 2 aliphatic heterocycles. The van der Waals surface area contributed by atoms with Gasteiger partial charge in [-0.05, 0) is 24.3 Å². The lowest BCUT2D eigenvalue weighted by Crippen LogP contribution is -2.49. The molecule has 9 nitrogen and oxygen atoms in total. The van der Waals surface area contributed by atoms with Crippen LogP contribution in [0.2, 0.25) is 0 Å². The van der Waals surface area contributed by atoms with Crippen LogP contribution in [0.1, 0.15) is 22.5 Å². The Morgan fingerprint density at radius 2 is 2.00 bits per heavy atom. The summed E-state index contributed by atoms with van der Waals surface area (Å²) in [6, 6.07) is 0.636. The second-order valence-corrected chi connectivity index (χ2v) is 8.49. The predicted molar refractivity (Wildman–Crippen MR) is 87.7 cm³/mol. The first-order valence-corrected chi connectivity index (χ1v) is 9.94. The number of methoxy groups -OCH3 is 1. The molecule has 0 saturated carbocycles. The molecule has 2 aliphatic rings. The maximum atomic E-state index is 12.8. The lowest BCUT2D eigenvalue weighted by molar-refractivity contribution is -0.127. The number of sulfonamides is 1. The molecule has 0 aliphatic carbocycles. The molecule has 0 atom stereocenters.